The van der Waals surface area contributed by atoms with Crippen LogP contribution in [0.4, 0.5) is 0 Å². The lowest BCUT2D eigenvalue weighted by Crippen LogP contribution is -2.50. The van der Waals surface area contributed by atoms with Crippen molar-refractivity contribution in [1.29, 1.82) is 0 Å². The van der Waals surface area contributed by atoms with E-state index in [-0.39, 0.29) is 36.1 Å². The number of imide groups is 1. The Kier molecular flexibility index (Phi) is 6.64. The first-order valence-corrected chi connectivity index (χ1v) is 10.7. The van der Waals surface area contributed by atoms with Crippen molar-refractivity contribution in [2.45, 2.75) is 58.5 Å². The Labute approximate surface area is 178 Å². The van der Waals surface area contributed by atoms with E-state index >= 15 is 0 Å². The third-order valence-corrected chi connectivity index (χ3v) is 5.97. The first kappa shape index (κ1) is 22.1. The van der Waals surface area contributed by atoms with Crippen LogP contribution in [-0.2, 0) is 20.9 Å². The molecule has 0 N–H and O–H groups in total. The summed E-state index contributed by atoms with van der Waals surface area (Å²) in [5.74, 6) is -0.278. The van der Waals surface area contributed by atoms with Crippen LogP contribution in [0.15, 0.2) is 36.9 Å². The van der Waals surface area contributed by atoms with Gasteiger partial charge in [-0.15, -0.1) is 0 Å². The molecule has 1 aromatic carbocycles. The van der Waals surface area contributed by atoms with Gasteiger partial charge in [0.2, 0.25) is 17.7 Å². The molecule has 0 spiro atoms. The van der Waals surface area contributed by atoms with Crippen LogP contribution in [0, 0.1) is 11.8 Å². The van der Waals surface area contributed by atoms with Gasteiger partial charge in [0, 0.05) is 12.1 Å². The molecule has 3 amide bonds. The van der Waals surface area contributed by atoms with Crippen molar-refractivity contribution >= 4 is 17.7 Å². The molecule has 1 heterocycles. The Morgan fingerprint density at radius 1 is 1.13 bits per heavy atom. The Balaban J connectivity index is 1.71. The molecule has 2 aliphatic rings. The Bertz CT molecular complexity index is 785. The zero-order valence-electron chi connectivity index (χ0n) is 18.2. The number of hydrogen-bond acceptors (Lipinski definition) is 4. The summed E-state index contributed by atoms with van der Waals surface area (Å²) in [5, 5.41) is 0. The second kappa shape index (κ2) is 9.02. The average molecular weight is 413 g/mol. The van der Waals surface area contributed by atoms with E-state index in [1.54, 1.807) is 11.0 Å². The molecule has 3 rings (SSSR count). The number of hydrogen-bond donors (Lipinski definition) is 0. The molecule has 0 radical (unpaired) electrons. The van der Waals surface area contributed by atoms with Gasteiger partial charge in [0.1, 0.15) is 18.9 Å². The molecule has 1 aliphatic carbocycles. The number of rotatable bonds is 7. The summed E-state index contributed by atoms with van der Waals surface area (Å²) in [6.07, 6.45) is 5.14. The Morgan fingerprint density at radius 3 is 2.20 bits per heavy atom. The van der Waals surface area contributed by atoms with Gasteiger partial charge in [-0.25, -0.2) is 0 Å². The van der Waals surface area contributed by atoms with Gasteiger partial charge >= 0.3 is 0 Å². The lowest BCUT2D eigenvalue weighted by atomic mass is 9.81. The molecule has 1 aliphatic heterocycles. The van der Waals surface area contributed by atoms with Crippen LogP contribution in [0.2, 0.25) is 0 Å². The second-order valence-electron chi connectivity index (χ2n) is 9.15. The van der Waals surface area contributed by atoms with E-state index in [0.29, 0.717) is 13.2 Å². The molecule has 0 aromatic heterocycles. The maximum Gasteiger partial charge on any atom is 0.243 e. The van der Waals surface area contributed by atoms with Crippen molar-refractivity contribution in [3.63, 3.8) is 0 Å². The topological polar surface area (TPSA) is 66.9 Å². The quantitative estimate of drug-likeness (QED) is 0.507. The van der Waals surface area contributed by atoms with E-state index in [0.717, 1.165) is 37.0 Å². The van der Waals surface area contributed by atoms with Gasteiger partial charge < -0.3 is 9.64 Å². The number of fused-ring (bicyclic) bond motifs is 1. The number of carbonyl (C=O) groups is 3. The summed E-state index contributed by atoms with van der Waals surface area (Å²) in [4.78, 5) is 41.6. The van der Waals surface area contributed by atoms with E-state index in [2.05, 4.69) is 6.58 Å². The van der Waals surface area contributed by atoms with Gasteiger partial charge in [0.15, 0.2) is 0 Å². The lowest BCUT2D eigenvalue weighted by Gasteiger charge is -2.36. The zero-order valence-corrected chi connectivity index (χ0v) is 18.2. The van der Waals surface area contributed by atoms with Gasteiger partial charge in [-0.1, -0.05) is 37.6 Å². The van der Waals surface area contributed by atoms with Gasteiger partial charge in [-0.05, 0) is 51.3 Å². The molecule has 6 heteroatoms. The number of carbonyl (C=O) groups excluding carboxylic acids is 3. The minimum Gasteiger partial charge on any atom is -0.490 e. The molecule has 30 heavy (non-hydrogen) atoms. The van der Waals surface area contributed by atoms with E-state index in [4.69, 9.17) is 4.74 Å². The highest BCUT2D eigenvalue weighted by Gasteiger charge is 2.49. The average Bonchev–Trinajstić information content (AvgIpc) is 2.95. The van der Waals surface area contributed by atoms with Gasteiger partial charge in [-0.2, -0.15) is 0 Å². The lowest BCUT2D eigenvalue weighted by molar-refractivity contribution is -0.149. The van der Waals surface area contributed by atoms with E-state index in [9.17, 15) is 14.4 Å². The van der Waals surface area contributed by atoms with Crippen LogP contribution in [0.3, 0.4) is 0 Å². The van der Waals surface area contributed by atoms with Gasteiger partial charge in [-0.3, -0.25) is 19.3 Å². The fourth-order valence-electron chi connectivity index (χ4n) is 4.34. The molecule has 2 atom stereocenters. The number of nitrogens with zero attached hydrogens (tertiary/aromatic N) is 2. The smallest absolute Gasteiger partial charge is 0.243 e. The minimum absolute atomic E-state index is 0.171. The molecular formula is C24H32N2O4. The zero-order chi connectivity index (χ0) is 21.9. The summed E-state index contributed by atoms with van der Waals surface area (Å²) in [6.45, 7) is 10.2. The van der Waals surface area contributed by atoms with Crippen LogP contribution >= 0.6 is 0 Å². The first-order chi connectivity index (χ1) is 14.2. The van der Waals surface area contributed by atoms with Crippen LogP contribution in [0.5, 0.6) is 5.75 Å². The summed E-state index contributed by atoms with van der Waals surface area (Å²) >= 11 is 0. The van der Waals surface area contributed by atoms with Crippen LogP contribution in [-0.4, -0.2) is 46.2 Å². The van der Waals surface area contributed by atoms with Crippen molar-refractivity contribution in [2.75, 3.05) is 13.2 Å². The molecular weight excluding hydrogens is 380 g/mol. The van der Waals surface area contributed by atoms with Crippen molar-refractivity contribution in [1.82, 2.24) is 9.80 Å². The summed E-state index contributed by atoms with van der Waals surface area (Å²) in [5.41, 5.74) is 0.505. The number of likely N-dealkylation sites (tertiary alicyclic amines) is 1. The third-order valence-electron chi connectivity index (χ3n) is 5.97. The molecule has 162 valence electrons. The van der Waals surface area contributed by atoms with Crippen molar-refractivity contribution in [2.24, 2.45) is 11.8 Å². The van der Waals surface area contributed by atoms with Crippen molar-refractivity contribution in [3.8, 4) is 5.75 Å². The summed E-state index contributed by atoms with van der Waals surface area (Å²) in [7, 11) is 0. The van der Waals surface area contributed by atoms with Gasteiger partial charge in [0.05, 0.1) is 11.8 Å². The Morgan fingerprint density at radius 2 is 1.70 bits per heavy atom. The maximum atomic E-state index is 13.2. The summed E-state index contributed by atoms with van der Waals surface area (Å²) in [6, 6.07) is 7.57. The molecule has 2 unspecified atom stereocenters. The number of ether oxygens (including phenoxy) is 1. The third kappa shape index (κ3) is 4.74. The molecule has 2 fully saturated rings. The molecule has 6 nitrogen and oxygen atoms in total. The fourth-order valence-corrected chi connectivity index (χ4v) is 4.34. The van der Waals surface area contributed by atoms with Crippen LogP contribution in [0.1, 0.15) is 52.0 Å². The predicted octanol–water partition coefficient (Wildman–Crippen LogP) is 3.55. The molecule has 1 saturated carbocycles. The van der Waals surface area contributed by atoms with E-state index in [1.807, 2.05) is 45.0 Å². The van der Waals surface area contributed by atoms with Crippen LogP contribution < -0.4 is 4.74 Å². The van der Waals surface area contributed by atoms with Crippen LogP contribution in [0.25, 0.3) is 0 Å². The fraction of sp³-hybridized carbons (Fsp3) is 0.542. The monoisotopic (exact) mass is 412 g/mol. The largest absolute Gasteiger partial charge is 0.490 e. The molecule has 1 aromatic rings. The predicted molar refractivity (Wildman–Crippen MR) is 115 cm³/mol. The Hall–Kier alpha value is -2.63. The van der Waals surface area contributed by atoms with E-state index in [1.165, 1.54) is 4.90 Å². The first-order valence-electron chi connectivity index (χ1n) is 10.7. The standard InChI is InChI=1S/C24H32N2O4/c1-5-14-30-18-12-10-17(11-13-18)15-26(24(2,3)4)21(27)16-25-22(28)19-8-6-7-9-20(19)23(25)29/h5,10-13,19-20H,1,6-9,14-16H2,2-4H3. The van der Waals surface area contributed by atoms with Crippen molar-refractivity contribution in [3.05, 3.63) is 42.5 Å². The van der Waals surface area contributed by atoms with Crippen molar-refractivity contribution < 1.29 is 19.1 Å². The number of amides is 3. The maximum absolute atomic E-state index is 13.2. The highest BCUT2D eigenvalue weighted by molar-refractivity contribution is 6.07. The van der Waals surface area contributed by atoms with Gasteiger partial charge in [0.25, 0.3) is 0 Å². The normalized spacial score (nSPS) is 21.4. The summed E-state index contributed by atoms with van der Waals surface area (Å²) < 4.78 is 5.51. The van der Waals surface area contributed by atoms with E-state index < -0.39 is 5.54 Å². The highest BCUT2D eigenvalue weighted by Crippen LogP contribution is 2.38. The SMILES string of the molecule is C=CCOc1ccc(CN(C(=O)CN2C(=O)C3CCCCC3C2=O)C(C)(C)C)cc1. The minimum atomic E-state index is -0.451. The highest BCUT2D eigenvalue weighted by atomic mass is 16.5. The number of benzene rings is 1. The molecule has 0 bridgehead atoms. The second-order valence-corrected chi connectivity index (χ2v) is 9.15. The molecule has 1 saturated heterocycles.